The fraction of sp³-hybridized carbons (Fsp3) is 0.556. The van der Waals surface area contributed by atoms with Crippen LogP contribution in [0.4, 0.5) is 5.69 Å². The zero-order valence-electron chi connectivity index (χ0n) is 22.6. The molecule has 0 bridgehead atoms. The molecule has 0 saturated heterocycles. The minimum Gasteiger partial charge on any atom is -0.491 e. The Morgan fingerprint density at radius 1 is 0.917 bits per heavy atom. The van der Waals surface area contributed by atoms with Crippen LogP contribution in [-0.2, 0) is 28.5 Å². The molecule has 0 radical (unpaired) electrons. The number of hydrogen-bond donors (Lipinski definition) is 1. The van der Waals surface area contributed by atoms with E-state index in [1.54, 1.807) is 52.8 Å². The highest BCUT2D eigenvalue weighted by molar-refractivity contribution is 6.06. The number of ether oxygens (including phenoxy) is 6. The zero-order valence-corrected chi connectivity index (χ0v) is 22.6. The SMILES string of the molecule is C=C(C)OCOC(C)COc1ccc(OCC(C)OCOC(=C)C)c(NC(=O)CC(=O)C(C)(C)C)c1. The van der Waals surface area contributed by atoms with E-state index in [1.807, 2.05) is 13.8 Å². The molecule has 9 heteroatoms. The minimum atomic E-state index is -0.621. The Morgan fingerprint density at radius 2 is 1.44 bits per heavy atom. The van der Waals surface area contributed by atoms with Gasteiger partial charge in [-0.1, -0.05) is 33.9 Å². The molecule has 1 aromatic rings. The molecule has 0 fully saturated rings. The molecule has 9 nitrogen and oxygen atoms in total. The summed E-state index contributed by atoms with van der Waals surface area (Å²) in [6.45, 7) is 20.4. The van der Waals surface area contributed by atoms with Crippen LogP contribution in [-0.4, -0.2) is 50.7 Å². The molecule has 0 saturated carbocycles. The van der Waals surface area contributed by atoms with Crippen molar-refractivity contribution in [3.63, 3.8) is 0 Å². The molecule has 1 amide bonds. The summed E-state index contributed by atoms with van der Waals surface area (Å²) < 4.78 is 33.1. The van der Waals surface area contributed by atoms with E-state index in [1.165, 1.54) is 0 Å². The van der Waals surface area contributed by atoms with Crippen LogP contribution in [0.25, 0.3) is 0 Å². The van der Waals surface area contributed by atoms with Gasteiger partial charge in [0.25, 0.3) is 0 Å². The summed E-state index contributed by atoms with van der Waals surface area (Å²) in [5, 5.41) is 2.77. The van der Waals surface area contributed by atoms with Crippen molar-refractivity contribution < 1.29 is 38.0 Å². The lowest BCUT2D eigenvalue weighted by Gasteiger charge is -2.19. The lowest BCUT2D eigenvalue weighted by atomic mass is 9.89. The lowest BCUT2D eigenvalue weighted by Crippen LogP contribution is -2.26. The number of Topliss-reactive ketones (excluding diaryl/α,β-unsaturated/α-hetero) is 1. The van der Waals surface area contributed by atoms with Gasteiger partial charge in [0.05, 0.1) is 35.8 Å². The van der Waals surface area contributed by atoms with Crippen LogP contribution >= 0.6 is 0 Å². The average molecular weight is 508 g/mol. The highest BCUT2D eigenvalue weighted by atomic mass is 16.7. The maximum atomic E-state index is 12.6. The number of hydrogen-bond acceptors (Lipinski definition) is 8. The molecule has 2 atom stereocenters. The molecule has 0 heterocycles. The predicted octanol–water partition coefficient (Wildman–Crippen LogP) is 5.21. The van der Waals surface area contributed by atoms with Crippen LogP contribution in [0.5, 0.6) is 11.5 Å². The van der Waals surface area contributed by atoms with Gasteiger partial charge in [-0.05, 0) is 39.8 Å². The number of carbonyl (C=O) groups excluding carboxylic acids is 2. The fourth-order valence-electron chi connectivity index (χ4n) is 2.45. The van der Waals surface area contributed by atoms with Gasteiger partial charge in [0, 0.05) is 11.5 Å². The van der Waals surface area contributed by atoms with E-state index in [4.69, 9.17) is 28.4 Å². The first-order valence-corrected chi connectivity index (χ1v) is 11.8. The quantitative estimate of drug-likeness (QED) is 0.174. The molecule has 1 aromatic carbocycles. The van der Waals surface area contributed by atoms with Gasteiger partial charge in [0.2, 0.25) is 5.91 Å². The second-order valence-electron chi connectivity index (χ2n) is 9.56. The van der Waals surface area contributed by atoms with Crippen molar-refractivity contribution in [2.24, 2.45) is 5.41 Å². The van der Waals surface area contributed by atoms with Gasteiger partial charge in [0.1, 0.15) is 30.5 Å². The van der Waals surface area contributed by atoms with Crippen molar-refractivity contribution in [1.29, 1.82) is 0 Å². The minimum absolute atomic E-state index is 0.0583. The first-order valence-electron chi connectivity index (χ1n) is 11.8. The number of amides is 1. The zero-order chi connectivity index (χ0) is 27.3. The molecule has 1 rings (SSSR count). The van der Waals surface area contributed by atoms with Crippen LogP contribution in [0.3, 0.4) is 0 Å². The molecule has 0 aromatic heterocycles. The van der Waals surface area contributed by atoms with Crippen molar-refractivity contribution >= 4 is 17.4 Å². The van der Waals surface area contributed by atoms with Crippen molar-refractivity contribution in [2.75, 3.05) is 32.1 Å². The second-order valence-corrected chi connectivity index (χ2v) is 9.56. The van der Waals surface area contributed by atoms with Crippen molar-refractivity contribution in [2.45, 2.75) is 67.1 Å². The van der Waals surface area contributed by atoms with E-state index in [2.05, 4.69) is 18.5 Å². The number of ketones is 1. The fourth-order valence-corrected chi connectivity index (χ4v) is 2.45. The topological polar surface area (TPSA) is 102 Å². The normalized spacial score (nSPS) is 12.8. The first kappa shape index (κ1) is 31.0. The number of anilines is 1. The Labute approximate surface area is 214 Å². The van der Waals surface area contributed by atoms with Crippen molar-refractivity contribution in [3.8, 4) is 11.5 Å². The summed E-state index contributed by atoms with van der Waals surface area (Å²) in [6.07, 6.45) is -0.785. The van der Waals surface area contributed by atoms with Crippen LogP contribution in [0.15, 0.2) is 42.9 Å². The Kier molecular flexibility index (Phi) is 13.0. The summed E-state index contributed by atoms with van der Waals surface area (Å²) in [5.74, 6) is 1.41. The van der Waals surface area contributed by atoms with Gasteiger partial charge in [-0.25, -0.2) is 0 Å². The van der Waals surface area contributed by atoms with Crippen LogP contribution in [0.2, 0.25) is 0 Å². The number of rotatable bonds is 17. The Balaban J connectivity index is 2.86. The van der Waals surface area contributed by atoms with E-state index in [-0.39, 0.29) is 51.2 Å². The summed E-state index contributed by atoms with van der Waals surface area (Å²) >= 11 is 0. The molecule has 1 N–H and O–H groups in total. The number of allylic oxidation sites excluding steroid dienone is 2. The standard InChI is InChI=1S/C27H41NO8/c1-18(2)33-16-35-20(5)14-31-22-10-11-24(32-15-21(6)36-17-34-19(3)4)23(12-22)28-26(30)13-25(29)27(7,8)9/h10-12,20-21H,1,3,13-17H2,2,4-9H3,(H,28,30). The smallest absolute Gasteiger partial charge is 0.231 e. The summed E-state index contributed by atoms with van der Waals surface area (Å²) in [6, 6.07) is 5.04. The summed E-state index contributed by atoms with van der Waals surface area (Å²) in [5.41, 5.74) is -0.242. The maximum Gasteiger partial charge on any atom is 0.231 e. The Hall–Kier alpha value is -3.04. The Morgan fingerprint density at radius 3 is 1.94 bits per heavy atom. The third kappa shape index (κ3) is 13.2. The molecule has 0 aliphatic heterocycles. The van der Waals surface area contributed by atoms with E-state index in [0.717, 1.165) is 0 Å². The number of benzene rings is 1. The summed E-state index contributed by atoms with van der Waals surface area (Å²) in [4.78, 5) is 24.9. The summed E-state index contributed by atoms with van der Waals surface area (Å²) in [7, 11) is 0. The number of nitrogens with one attached hydrogen (secondary N) is 1. The molecule has 2 unspecified atom stereocenters. The predicted molar refractivity (Wildman–Crippen MR) is 138 cm³/mol. The molecule has 36 heavy (non-hydrogen) atoms. The highest BCUT2D eigenvalue weighted by Gasteiger charge is 2.24. The second kappa shape index (κ2) is 15.2. The molecule has 202 valence electrons. The molecule has 0 aliphatic rings. The maximum absolute atomic E-state index is 12.6. The monoisotopic (exact) mass is 507 g/mol. The van der Waals surface area contributed by atoms with E-state index in [9.17, 15) is 9.59 Å². The van der Waals surface area contributed by atoms with Gasteiger partial charge in [-0.15, -0.1) is 0 Å². The lowest BCUT2D eigenvalue weighted by molar-refractivity contribution is -0.130. The third-order valence-corrected chi connectivity index (χ3v) is 4.66. The third-order valence-electron chi connectivity index (χ3n) is 4.66. The van der Waals surface area contributed by atoms with Crippen LogP contribution < -0.4 is 14.8 Å². The Bertz CT molecular complexity index is 890. The van der Waals surface area contributed by atoms with Gasteiger partial charge in [-0.3, -0.25) is 9.59 Å². The van der Waals surface area contributed by atoms with E-state index >= 15 is 0 Å². The van der Waals surface area contributed by atoms with Gasteiger partial charge in [-0.2, -0.15) is 0 Å². The van der Waals surface area contributed by atoms with Gasteiger partial charge >= 0.3 is 0 Å². The van der Waals surface area contributed by atoms with E-state index in [0.29, 0.717) is 28.7 Å². The van der Waals surface area contributed by atoms with Gasteiger partial charge < -0.3 is 33.7 Å². The van der Waals surface area contributed by atoms with Gasteiger partial charge in [0.15, 0.2) is 13.6 Å². The first-order chi connectivity index (χ1) is 16.8. The molecular formula is C27H41NO8. The largest absolute Gasteiger partial charge is 0.491 e. The van der Waals surface area contributed by atoms with Crippen molar-refractivity contribution in [3.05, 3.63) is 42.9 Å². The van der Waals surface area contributed by atoms with Crippen LogP contribution in [0.1, 0.15) is 54.9 Å². The van der Waals surface area contributed by atoms with Crippen LogP contribution in [0, 0.1) is 5.41 Å². The van der Waals surface area contributed by atoms with Crippen molar-refractivity contribution in [1.82, 2.24) is 0 Å². The molecule has 0 spiro atoms. The molecular weight excluding hydrogens is 466 g/mol. The highest BCUT2D eigenvalue weighted by Crippen LogP contribution is 2.30. The molecule has 0 aliphatic carbocycles. The van der Waals surface area contributed by atoms with E-state index < -0.39 is 11.3 Å². The average Bonchev–Trinajstić information content (AvgIpc) is 2.75. The number of carbonyl (C=O) groups is 2.